The van der Waals surface area contributed by atoms with Crippen LogP contribution in [-0.2, 0) is 6.54 Å². The van der Waals surface area contributed by atoms with Crippen molar-refractivity contribution in [2.45, 2.75) is 96.6 Å². The first kappa shape index (κ1) is 34.8. The van der Waals surface area contributed by atoms with Crippen LogP contribution in [0.25, 0.3) is 0 Å². The molecule has 0 aliphatic heterocycles. The van der Waals surface area contributed by atoms with E-state index in [1.165, 1.54) is 31.0 Å². The lowest BCUT2D eigenvalue weighted by Gasteiger charge is -2.30. The van der Waals surface area contributed by atoms with E-state index in [1.807, 2.05) is 0 Å². The highest BCUT2D eigenvalue weighted by Crippen LogP contribution is 2.27. The molecule has 8 nitrogen and oxygen atoms in total. The molecule has 5 N–H and O–H groups in total. The SMILES string of the molecule is CCCC(CCCNC1CCC(NCCO)CC1)C[C@H](C)CNc1nc(NCc2ccccc2OC(F)(F)F)ncc1F. The second kappa shape index (κ2) is 18.2. The van der Waals surface area contributed by atoms with Crippen LogP contribution in [-0.4, -0.2) is 59.8 Å². The van der Waals surface area contributed by atoms with E-state index < -0.39 is 12.2 Å². The van der Waals surface area contributed by atoms with E-state index in [0.29, 0.717) is 37.0 Å². The van der Waals surface area contributed by atoms with E-state index in [0.717, 1.165) is 57.7 Å². The van der Waals surface area contributed by atoms with Crippen LogP contribution in [0.2, 0.25) is 0 Å². The van der Waals surface area contributed by atoms with Crippen molar-refractivity contribution in [3.8, 4) is 5.75 Å². The van der Waals surface area contributed by atoms with Crippen molar-refractivity contribution in [2.24, 2.45) is 11.8 Å². The molecule has 1 aromatic carbocycles. The predicted molar refractivity (Wildman–Crippen MR) is 161 cm³/mol. The molecule has 1 aliphatic carbocycles. The molecule has 0 bridgehead atoms. The Balaban J connectivity index is 1.41. The third kappa shape index (κ3) is 13.2. The minimum Gasteiger partial charge on any atom is -0.405 e. The van der Waals surface area contributed by atoms with Gasteiger partial charge in [-0.2, -0.15) is 4.98 Å². The molecule has 1 unspecified atom stereocenters. The second-order valence-electron chi connectivity index (χ2n) is 11.6. The van der Waals surface area contributed by atoms with Crippen LogP contribution >= 0.6 is 0 Å². The van der Waals surface area contributed by atoms with Crippen LogP contribution < -0.4 is 26.0 Å². The molecule has 0 saturated heterocycles. The van der Waals surface area contributed by atoms with Gasteiger partial charge in [0.2, 0.25) is 5.95 Å². The van der Waals surface area contributed by atoms with Gasteiger partial charge in [-0.15, -0.1) is 13.2 Å². The number of halogens is 4. The second-order valence-corrected chi connectivity index (χ2v) is 11.6. The molecule has 2 atom stereocenters. The van der Waals surface area contributed by atoms with Crippen LogP contribution in [0.15, 0.2) is 30.5 Å². The number of anilines is 2. The maximum absolute atomic E-state index is 14.5. The zero-order valence-corrected chi connectivity index (χ0v) is 25.4. The molecule has 1 aromatic heterocycles. The van der Waals surface area contributed by atoms with Crippen molar-refractivity contribution < 1.29 is 27.4 Å². The number of nitrogens with zero attached hydrogens (tertiary/aromatic N) is 2. The van der Waals surface area contributed by atoms with Crippen LogP contribution in [0.1, 0.15) is 77.2 Å². The first-order chi connectivity index (χ1) is 20.7. The summed E-state index contributed by atoms with van der Waals surface area (Å²) >= 11 is 0. The van der Waals surface area contributed by atoms with E-state index >= 15 is 0 Å². The third-order valence-electron chi connectivity index (χ3n) is 7.92. The molecule has 0 radical (unpaired) electrons. The average molecular weight is 613 g/mol. The summed E-state index contributed by atoms with van der Waals surface area (Å²) < 4.78 is 56.7. The zero-order valence-electron chi connectivity index (χ0n) is 25.4. The van der Waals surface area contributed by atoms with E-state index in [9.17, 15) is 17.6 Å². The summed E-state index contributed by atoms with van der Waals surface area (Å²) in [6.07, 6.45) is 6.45. The molecule has 242 valence electrons. The van der Waals surface area contributed by atoms with Crippen LogP contribution in [0.5, 0.6) is 5.75 Å². The van der Waals surface area contributed by atoms with E-state index in [1.54, 1.807) is 6.07 Å². The number of hydrogen-bond acceptors (Lipinski definition) is 8. The lowest BCUT2D eigenvalue weighted by Crippen LogP contribution is -2.41. The molecular weight excluding hydrogens is 564 g/mol. The number of hydrogen-bond donors (Lipinski definition) is 5. The first-order valence-corrected chi connectivity index (χ1v) is 15.6. The molecule has 3 rings (SSSR count). The number of ether oxygens (including phenoxy) is 1. The van der Waals surface area contributed by atoms with Crippen molar-refractivity contribution in [3.63, 3.8) is 0 Å². The molecular formula is C31H48F4N6O2. The summed E-state index contributed by atoms with van der Waals surface area (Å²) in [6, 6.07) is 6.90. The standard InChI is InChI=1S/C31H48F4N6O2/c1-3-7-23(8-6-15-36-25-11-13-26(14-12-25)37-16-17-42)18-22(2)19-38-29-27(32)21-40-30(41-29)39-20-24-9-4-5-10-28(24)43-31(33,34)35/h4-5,9-10,21-23,25-26,36-37,42H,3,6-8,11-20H2,1-2H3,(H2,38,39,40,41)/t22-,23?,25?,26?/m0/s1. The van der Waals surface area contributed by atoms with E-state index in [2.05, 4.69) is 49.8 Å². The molecule has 0 amide bonds. The summed E-state index contributed by atoms with van der Waals surface area (Å²) in [6.45, 7) is 6.74. The molecule has 0 spiro atoms. The first-order valence-electron chi connectivity index (χ1n) is 15.6. The van der Waals surface area contributed by atoms with Gasteiger partial charge in [0, 0.05) is 37.3 Å². The molecule has 2 aromatic rings. The minimum absolute atomic E-state index is 0.0234. The number of aliphatic hydroxyl groups is 1. The summed E-state index contributed by atoms with van der Waals surface area (Å²) in [5, 5.41) is 22.1. The molecule has 43 heavy (non-hydrogen) atoms. The van der Waals surface area contributed by atoms with Crippen LogP contribution in [0, 0.1) is 17.7 Å². The Hall–Kier alpha value is -2.70. The van der Waals surface area contributed by atoms with Crippen molar-refractivity contribution in [1.82, 2.24) is 20.6 Å². The lowest BCUT2D eigenvalue weighted by atomic mass is 9.88. The highest BCUT2D eigenvalue weighted by Gasteiger charge is 2.32. The smallest absolute Gasteiger partial charge is 0.405 e. The lowest BCUT2D eigenvalue weighted by molar-refractivity contribution is -0.274. The molecule has 12 heteroatoms. The van der Waals surface area contributed by atoms with Gasteiger partial charge in [-0.3, -0.25) is 0 Å². The number of para-hydroxylation sites is 1. The fourth-order valence-electron chi connectivity index (χ4n) is 5.80. The number of benzene rings is 1. The quantitative estimate of drug-likeness (QED) is 0.0938. The fourth-order valence-corrected chi connectivity index (χ4v) is 5.80. The van der Waals surface area contributed by atoms with Gasteiger partial charge in [0.1, 0.15) is 5.75 Å². The normalized spacial score (nSPS) is 18.7. The van der Waals surface area contributed by atoms with Gasteiger partial charge in [0.25, 0.3) is 0 Å². The average Bonchev–Trinajstić information content (AvgIpc) is 2.97. The van der Waals surface area contributed by atoms with Crippen LogP contribution in [0.3, 0.4) is 0 Å². The van der Waals surface area contributed by atoms with Crippen molar-refractivity contribution >= 4 is 11.8 Å². The fraction of sp³-hybridized carbons (Fsp3) is 0.677. The van der Waals surface area contributed by atoms with Gasteiger partial charge >= 0.3 is 6.36 Å². The summed E-state index contributed by atoms with van der Waals surface area (Å²) in [7, 11) is 0. The van der Waals surface area contributed by atoms with Gasteiger partial charge in [-0.05, 0) is 69.4 Å². The monoisotopic (exact) mass is 612 g/mol. The van der Waals surface area contributed by atoms with Gasteiger partial charge in [0.05, 0.1) is 12.8 Å². The van der Waals surface area contributed by atoms with Crippen molar-refractivity contribution in [3.05, 3.63) is 41.8 Å². The Morgan fingerprint density at radius 3 is 2.40 bits per heavy atom. The predicted octanol–water partition coefficient (Wildman–Crippen LogP) is 6.24. The number of aliphatic hydroxyl groups excluding tert-OH is 1. The van der Waals surface area contributed by atoms with Gasteiger partial charge < -0.3 is 31.1 Å². The number of aromatic nitrogens is 2. The highest BCUT2D eigenvalue weighted by molar-refractivity contribution is 5.42. The Morgan fingerprint density at radius 2 is 1.72 bits per heavy atom. The van der Waals surface area contributed by atoms with Crippen molar-refractivity contribution in [1.29, 1.82) is 0 Å². The summed E-state index contributed by atoms with van der Waals surface area (Å²) in [5.74, 6) is 0.139. The summed E-state index contributed by atoms with van der Waals surface area (Å²) in [5.41, 5.74) is 0.270. The number of alkyl halides is 3. The van der Waals surface area contributed by atoms with Crippen molar-refractivity contribution in [2.75, 3.05) is 36.9 Å². The minimum atomic E-state index is -4.80. The number of nitrogens with one attached hydrogen (secondary N) is 4. The zero-order chi connectivity index (χ0) is 31.1. The molecule has 1 fully saturated rings. The topological polar surface area (TPSA) is 103 Å². The Kier molecular flexibility index (Phi) is 14.7. The Bertz CT molecular complexity index is 1070. The van der Waals surface area contributed by atoms with E-state index in [4.69, 9.17) is 5.11 Å². The summed E-state index contributed by atoms with van der Waals surface area (Å²) in [4.78, 5) is 8.14. The largest absolute Gasteiger partial charge is 0.573 e. The maximum atomic E-state index is 14.5. The maximum Gasteiger partial charge on any atom is 0.573 e. The van der Waals surface area contributed by atoms with E-state index in [-0.39, 0.29) is 36.2 Å². The third-order valence-corrected chi connectivity index (χ3v) is 7.92. The highest BCUT2D eigenvalue weighted by atomic mass is 19.4. The molecule has 1 heterocycles. The Labute approximate surface area is 252 Å². The van der Waals surface area contributed by atoms with Gasteiger partial charge in [-0.25, -0.2) is 9.37 Å². The molecule has 1 saturated carbocycles. The van der Waals surface area contributed by atoms with Gasteiger partial charge in [0.15, 0.2) is 11.6 Å². The number of rotatable bonds is 19. The van der Waals surface area contributed by atoms with Crippen LogP contribution in [0.4, 0.5) is 29.3 Å². The van der Waals surface area contributed by atoms with Gasteiger partial charge in [-0.1, -0.05) is 44.9 Å². The Morgan fingerprint density at radius 1 is 1.02 bits per heavy atom. The molecule has 1 aliphatic rings.